The molecule has 1 heterocycles. The fraction of sp³-hybridized carbons (Fsp3) is 0.200. The molecule has 0 unspecified atom stereocenters. The van der Waals surface area contributed by atoms with Crippen molar-refractivity contribution in [3.63, 3.8) is 0 Å². The standard InChI is InChI=1S/C20H21N3O/c1-14-4-5-17(15(2)12-14)13-24-20-19(22-10-11-23-20)16-6-8-18(21-3)9-7-16/h4-12,21H,13H2,1-3H3. The van der Waals surface area contributed by atoms with Gasteiger partial charge >= 0.3 is 0 Å². The van der Waals surface area contributed by atoms with E-state index < -0.39 is 0 Å². The molecule has 4 heteroatoms. The van der Waals surface area contributed by atoms with Crippen molar-refractivity contribution in [2.24, 2.45) is 0 Å². The van der Waals surface area contributed by atoms with Gasteiger partial charge in [-0.2, -0.15) is 0 Å². The summed E-state index contributed by atoms with van der Waals surface area (Å²) in [6.45, 7) is 4.67. The van der Waals surface area contributed by atoms with Crippen molar-refractivity contribution in [1.29, 1.82) is 0 Å². The second-order valence-corrected chi connectivity index (χ2v) is 5.76. The van der Waals surface area contributed by atoms with Crippen LogP contribution < -0.4 is 10.1 Å². The maximum atomic E-state index is 5.97. The molecule has 2 aromatic carbocycles. The summed E-state index contributed by atoms with van der Waals surface area (Å²) in [5, 5.41) is 3.11. The molecular weight excluding hydrogens is 298 g/mol. The molecule has 0 spiro atoms. The average molecular weight is 319 g/mol. The first-order chi connectivity index (χ1) is 11.7. The largest absolute Gasteiger partial charge is 0.471 e. The van der Waals surface area contributed by atoms with Crippen molar-refractivity contribution in [2.75, 3.05) is 12.4 Å². The van der Waals surface area contributed by atoms with Gasteiger partial charge in [-0.25, -0.2) is 9.97 Å². The first-order valence-corrected chi connectivity index (χ1v) is 7.95. The molecule has 0 aliphatic heterocycles. The Hall–Kier alpha value is -2.88. The minimum atomic E-state index is 0.479. The van der Waals surface area contributed by atoms with Crippen LogP contribution in [-0.2, 0) is 6.61 Å². The number of aromatic nitrogens is 2. The minimum Gasteiger partial charge on any atom is -0.471 e. The Balaban J connectivity index is 1.83. The van der Waals surface area contributed by atoms with E-state index in [-0.39, 0.29) is 0 Å². The molecule has 0 aliphatic rings. The van der Waals surface area contributed by atoms with Crippen LogP contribution in [0.3, 0.4) is 0 Å². The number of rotatable bonds is 5. The van der Waals surface area contributed by atoms with E-state index in [0.717, 1.165) is 22.5 Å². The van der Waals surface area contributed by atoms with Crippen molar-refractivity contribution >= 4 is 5.69 Å². The van der Waals surface area contributed by atoms with Gasteiger partial charge in [0.2, 0.25) is 5.88 Å². The highest BCUT2D eigenvalue weighted by molar-refractivity contribution is 5.66. The normalized spacial score (nSPS) is 10.5. The average Bonchev–Trinajstić information content (AvgIpc) is 2.61. The molecule has 0 amide bonds. The fourth-order valence-electron chi connectivity index (χ4n) is 2.58. The van der Waals surface area contributed by atoms with Crippen molar-refractivity contribution < 1.29 is 4.74 Å². The maximum absolute atomic E-state index is 5.97. The van der Waals surface area contributed by atoms with Crippen LogP contribution in [-0.4, -0.2) is 17.0 Å². The number of nitrogens with zero attached hydrogens (tertiary/aromatic N) is 2. The summed E-state index contributed by atoms with van der Waals surface area (Å²) in [4.78, 5) is 8.80. The predicted octanol–water partition coefficient (Wildman–Crippen LogP) is 4.38. The molecule has 122 valence electrons. The fourth-order valence-corrected chi connectivity index (χ4v) is 2.58. The van der Waals surface area contributed by atoms with Crippen LogP contribution in [0, 0.1) is 13.8 Å². The van der Waals surface area contributed by atoms with Gasteiger partial charge < -0.3 is 10.1 Å². The van der Waals surface area contributed by atoms with Gasteiger partial charge in [-0.3, -0.25) is 0 Å². The molecule has 0 aliphatic carbocycles. The van der Waals surface area contributed by atoms with E-state index in [1.54, 1.807) is 12.4 Å². The number of hydrogen-bond donors (Lipinski definition) is 1. The first-order valence-electron chi connectivity index (χ1n) is 7.95. The smallest absolute Gasteiger partial charge is 0.240 e. The molecular formula is C20H21N3O. The molecule has 0 radical (unpaired) electrons. The van der Waals surface area contributed by atoms with Crippen molar-refractivity contribution in [1.82, 2.24) is 9.97 Å². The van der Waals surface area contributed by atoms with Crippen LogP contribution in [0.4, 0.5) is 5.69 Å². The van der Waals surface area contributed by atoms with Gasteiger partial charge in [0, 0.05) is 30.7 Å². The Kier molecular flexibility index (Phi) is 4.75. The lowest BCUT2D eigenvalue weighted by Gasteiger charge is -2.12. The molecule has 0 bridgehead atoms. The van der Waals surface area contributed by atoms with E-state index in [4.69, 9.17) is 4.74 Å². The van der Waals surface area contributed by atoms with Crippen molar-refractivity contribution in [2.45, 2.75) is 20.5 Å². The summed E-state index contributed by atoms with van der Waals surface area (Å²) in [6, 6.07) is 14.4. The van der Waals surface area contributed by atoms with E-state index in [0.29, 0.717) is 12.5 Å². The quantitative estimate of drug-likeness (QED) is 0.758. The van der Waals surface area contributed by atoms with Gasteiger partial charge in [-0.05, 0) is 37.1 Å². The molecule has 0 atom stereocenters. The highest BCUT2D eigenvalue weighted by Gasteiger charge is 2.10. The third-order valence-corrected chi connectivity index (χ3v) is 3.97. The second kappa shape index (κ2) is 7.13. The zero-order valence-corrected chi connectivity index (χ0v) is 14.2. The van der Waals surface area contributed by atoms with E-state index in [9.17, 15) is 0 Å². The third-order valence-electron chi connectivity index (χ3n) is 3.97. The summed E-state index contributed by atoms with van der Waals surface area (Å²) in [5.41, 5.74) is 6.42. The number of aryl methyl sites for hydroxylation is 2. The predicted molar refractivity (Wildman–Crippen MR) is 97.3 cm³/mol. The maximum Gasteiger partial charge on any atom is 0.240 e. The minimum absolute atomic E-state index is 0.479. The SMILES string of the molecule is CNc1ccc(-c2nccnc2OCc2ccc(C)cc2C)cc1. The lowest BCUT2D eigenvalue weighted by Crippen LogP contribution is -2.02. The molecule has 1 N–H and O–H groups in total. The third kappa shape index (κ3) is 3.54. The topological polar surface area (TPSA) is 47.0 Å². The summed E-state index contributed by atoms with van der Waals surface area (Å²) in [6.07, 6.45) is 3.34. The van der Waals surface area contributed by atoms with E-state index in [2.05, 4.69) is 47.3 Å². The van der Waals surface area contributed by atoms with Crippen LogP contribution in [0.5, 0.6) is 5.88 Å². The molecule has 4 nitrogen and oxygen atoms in total. The van der Waals surface area contributed by atoms with Gasteiger partial charge in [0.15, 0.2) is 0 Å². The highest BCUT2D eigenvalue weighted by atomic mass is 16.5. The Morgan fingerprint density at radius 1 is 0.958 bits per heavy atom. The Morgan fingerprint density at radius 2 is 1.71 bits per heavy atom. The monoisotopic (exact) mass is 319 g/mol. The van der Waals surface area contributed by atoms with Crippen LogP contribution in [0.25, 0.3) is 11.3 Å². The van der Waals surface area contributed by atoms with E-state index in [1.165, 1.54) is 11.1 Å². The van der Waals surface area contributed by atoms with E-state index in [1.807, 2.05) is 31.3 Å². The van der Waals surface area contributed by atoms with Crippen LogP contribution in [0.2, 0.25) is 0 Å². The molecule has 3 aromatic rings. The summed E-state index contributed by atoms with van der Waals surface area (Å²) in [7, 11) is 1.90. The van der Waals surface area contributed by atoms with Crippen LogP contribution in [0.15, 0.2) is 54.9 Å². The number of nitrogens with one attached hydrogen (secondary N) is 1. The number of anilines is 1. The van der Waals surface area contributed by atoms with Crippen LogP contribution in [0.1, 0.15) is 16.7 Å². The number of ether oxygens (including phenoxy) is 1. The van der Waals surface area contributed by atoms with Crippen LogP contribution >= 0.6 is 0 Å². The Labute approximate surface area is 142 Å². The van der Waals surface area contributed by atoms with Crippen molar-refractivity contribution in [3.8, 4) is 17.1 Å². The van der Waals surface area contributed by atoms with Gasteiger partial charge in [0.1, 0.15) is 12.3 Å². The lowest BCUT2D eigenvalue weighted by atomic mass is 10.1. The number of hydrogen-bond acceptors (Lipinski definition) is 4. The van der Waals surface area contributed by atoms with E-state index >= 15 is 0 Å². The molecule has 0 saturated heterocycles. The zero-order valence-electron chi connectivity index (χ0n) is 14.2. The molecule has 0 saturated carbocycles. The molecule has 1 aromatic heterocycles. The highest BCUT2D eigenvalue weighted by Crippen LogP contribution is 2.27. The molecule has 0 fully saturated rings. The Morgan fingerprint density at radius 3 is 2.42 bits per heavy atom. The lowest BCUT2D eigenvalue weighted by molar-refractivity contribution is 0.293. The second-order valence-electron chi connectivity index (χ2n) is 5.76. The van der Waals surface area contributed by atoms with Gasteiger partial charge in [0.05, 0.1) is 0 Å². The molecule has 24 heavy (non-hydrogen) atoms. The first kappa shape index (κ1) is 16.0. The summed E-state index contributed by atoms with van der Waals surface area (Å²) >= 11 is 0. The van der Waals surface area contributed by atoms with Gasteiger partial charge in [-0.15, -0.1) is 0 Å². The van der Waals surface area contributed by atoms with Crippen molar-refractivity contribution in [3.05, 3.63) is 71.5 Å². The summed E-state index contributed by atoms with van der Waals surface area (Å²) < 4.78 is 5.97. The number of benzene rings is 2. The zero-order chi connectivity index (χ0) is 16.9. The van der Waals surface area contributed by atoms with Gasteiger partial charge in [-0.1, -0.05) is 35.9 Å². The molecule has 3 rings (SSSR count). The Bertz CT molecular complexity index is 829. The van der Waals surface area contributed by atoms with Gasteiger partial charge in [0.25, 0.3) is 0 Å². The summed E-state index contributed by atoms with van der Waals surface area (Å²) in [5.74, 6) is 0.551.